The lowest BCUT2D eigenvalue weighted by atomic mass is 9.95. The first kappa shape index (κ1) is 21.6. The Morgan fingerprint density at radius 2 is 1.84 bits per heavy atom. The molecule has 0 spiro atoms. The summed E-state index contributed by atoms with van der Waals surface area (Å²) >= 11 is 3.17. The van der Waals surface area contributed by atoms with Crippen LogP contribution in [-0.2, 0) is 9.53 Å². The smallest absolute Gasteiger partial charge is 0.291 e. The second-order valence-corrected chi connectivity index (χ2v) is 8.45. The summed E-state index contributed by atoms with van der Waals surface area (Å²) in [5.74, 6) is -0.452. The lowest BCUT2D eigenvalue weighted by Crippen LogP contribution is -2.49. The highest BCUT2D eigenvalue weighted by Crippen LogP contribution is 2.23. The van der Waals surface area contributed by atoms with Gasteiger partial charge < -0.3 is 24.3 Å². The van der Waals surface area contributed by atoms with Crippen molar-refractivity contribution < 1.29 is 23.5 Å². The van der Waals surface area contributed by atoms with Crippen molar-refractivity contribution in [3.8, 4) is 0 Å². The number of rotatable bonds is 4. The molecule has 9 heteroatoms. The monoisotopic (exact) mass is 489 g/mol. The Hall–Kier alpha value is -2.65. The Labute approximate surface area is 188 Å². The van der Waals surface area contributed by atoms with Gasteiger partial charge in [-0.1, -0.05) is 6.07 Å². The molecule has 31 heavy (non-hydrogen) atoms. The van der Waals surface area contributed by atoms with Crippen molar-refractivity contribution in [1.82, 2.24) is 9.80 Å². The molecule has 2 aromatic rings. The van der Waals surface area contributed by atoms with Gasteiger partial charge in [-0.15, -0.1) is 0 Å². The van der Waals surface area contributed by atoms with E-state index in [0.717, 1.165) is 12.8 Å². The molecule has 0 radical (unpaired) electrons. The molecule has 164 valence electrons. The van der Waals surface area contributed by atoms with Gasteiger partial charge in [0.1, 0.15) is 0 Å². The number of hydrogen-bond acceptors (Lipinski definition) is 5. The molecule has 1 N–H and O–H groups in total. The van der Waals surface area contributed by atoms with E-state index in [9.17, 15) is 14.4 Å². The summed E-state index contributed by atoms with van der Waals surface area (Å²) in [7, 11) is 0. The van der Waals surface area contributed by atoms with Gasteiger partial charge in [0, 0.05) is 37.4 Å². The van der Waals surface area contributed by atoms with Crippen LogP contribution in [0.15, 0.2) is 45.5 Å². The molecule has 0 aliphatic carbocycles. The molecule has 1 aromatic carbocycles. The van der Waals surface area contributed by atoms with Gasteiger partial charge in [0.25, 0.3) is 11.8 Å². The number of ether oxygens (including phenoxy) is 1. The first-order valence-electron chi connectivity index (χ1n) is 10.3. The van der Waals surface area contributed by atoms with Crippen molar-refractivity contribution in [2.45, 2.75) is 12.8 Å². The number of piperidine rings is 1. The van der Waals surface area contributed by atoms with Crippen molar-refractivity contribution in [1.29, 1.82) is 0 Å². The van der Waals surface area contributed by atoms with E-state index >= 15 is 0 Å². The number of halogens is 1. The van der Waals surface area contributed by atoms with Crippen molar-refractivity contribution in [3.05, 3.63) is 52.4 Å². The highest BCUT2D eigenvalue weighted by molar-refractivity contribution is 9.10. The number of anilines is 1. The van der Waals surface area contributed by atoms with Crippen molar-refractivity contribution >= 4 is 39.3 Å². The number of benzene rings is 1. The minimum absolute atomic E-state index is 0.103. The van der Waals surface area contributed by atoms with Crippen LogP contribution in [0.1, 0.15) is 33.8 Å². The molecule has 2 fully saturated rings. The number of furan rings is 1. The molecule has 2 saturated heterocycles. The highest BCUT2D eigenvalue weighted by Gasteiger charge is 2.32. The minimum Gasteiger partial charge on any atom is -0.444 e. The van der Waals surface area contributed by atoms with E-state index in [2.05, 4.69) is 21.2 Å². The largest absolute Gasteiger partial charge is 0.444 e. The molecular formula is C22H24BrN3O5. The van der Waals surface area contributed by atoms with Gasteiger partial charge in [-0.2, -0.15) is 0 Å². The molecule has 0 bridgehead atoms. The molecule has 8 nitrogen and oxygen atoms in total. The number of carbonyl (C=O) groups is 3. The summed E-state index contributed by atoms with van der Waals surface area (Å²) in [4.78, 5) is 41.8. The molecule has 3 amide bonds. The average Bonchev–Trinajstić information content (AvgIpc) is 3.25. The third-order valence-electron chi connectivity index (χ3n) is 5.54. The summed E-state index contributed by atoms with van der Waals surface area (Å²) < 4.78 is 11.1. The fourth-order valence-corrected chi connectivity index (χ4v) is 4.25. The first-order valence-corrected chi connectivity index (χ1v) is 11.1. The predicted molar refractivity (Wildman–Crippen MR) is 117 cm³/mol. The predicted octanol–water partition coefficient (Wildman–Crippen LogP) is 3.01. The molecule has 0 saturated carbocycles. The fraction of sp³-hybridized carbons (Fsp3) is 0.409. The van der Waals surface area contributed by atoms with E-state index in [1.54, 1.807) is 41.3 Å². The lowest BCUT2D eigenvalue weighted by molar-refractivity contribution is -0.141. The summed E-state index contributed by atoms with van der Waals surface area (Å²) in [5.41, 5.74) is 0.972. The number of amides is 3. The third-order valence-corrected chi connectivity index (χ3v) is 5.97. The number of nitrogens with zero attached hydrogens (tertiary/aromatic N) is 2. The van der Waals surface area contributed by atoms with E-state index in [-0.39, 0.29) is 23.5 Å². The maximum atomic E-state index is 13.1. The van der Waals surface area contributed by atoms with Gasteiger partial charge in [-0.25, -0.2) is 0 Å². The van der Waals surface area contributed by atoms with Crippen LogP contribution in [0, 0.1) is 5.92 Å². The summed E-state index contributed by atoms with van der Waals surface area (Å²) in [6.45, 7) is 3.37. The van der Waals surface area contributed by atoms with Gasteiger partial charge in [0.2, 0.25) is 5.91 Å². The molecule has 1 atom stereocenters. The van der Waals surface area contributed by atoms with Crippen LogP contribution in [0.25, 0.3) is 0 Å². The van der Waals surface area contributed by atoms with E-state index < -0.39 is 5.91 Å². The Morgan fingerprint density at radius 1 is 1.03 bits per heavy atom. The molecular weight excluding hydrogens is 466 g/mol. The number of carbonyl (C=O) groups excluding carboxylic acids is 3. The van der Waals surface area contributed by atoms with Gasteiger partial charge in [-0.3, -0.25) is 14.4 Å². The summed E-state index contributed by atoms with van der Waals surface area (Å²) in [5, 5.41) is 2.74. The van der Waals surface area contributed by atoms with E-state index in [1.165, 1.54) is 0 Å². The second kappa shape index (κ2) is 9.65. The fourth-order valence-electron chi connectivity index (χ4n) is 3.95. The average molecular weight is 490 g/mol. The van der Waals surface area contributed by atoms with Crippen molar-refractivity contribution in [2.75, 3.05) is 44.7 Å². The SMILES string of the molecule is O=C(Nc1cccc(C(=O)N2CCCC(C(=O)N3CCOCC3)C2)c1)c1ccc(Br)o1. The number of nitrogens with one attached hydrogen (secondary N) is 1. The zero-order valence-electron chi connectivity index (χ0n) is 17.0. The number of likely N-dealkylation sites (tertiary alicyclic amines) is 1. The van der Waals surface area contributed by atoms with Crippen LogP contribution in [0.4, 0.5) is 5.69 Å². The summed E-state index contributed by atoms with van der Waals surface area (Å²) in [6.07, 6.45) is 1.57. The van der Waals surface area contributed by atoms with Crippen LogP contribution >= 0.6 is 15.9 Å². The molecule has 3 heterocycles. The summed E-state index contributed by atoms with van der Waals surface area (Å²) in [6, 6.07) is 10.0. The van der Waals surface area contributed by atoms with Crippen LogP contribution in [-0.4, -0.2) is 66.9 Å². The normalized spacial score (nSPS) is 19.2. The number of hydrogen-bond donors (Lipinski definition) is 1. The minimum atomic E-state index is -0.399. The standard InChI is InChI=1S/C22H24BrN3O5/c23-19-7-6-18(31-19)20(27)24-17-5-1-3-15(13-17)21(28)26-8-2-4-16(14-26)22(29)25-9-11-30-12-10-25/h1,3,5-7,13,16H,2,4,8-12,14H2,(H,24,27). The third kappa shape index (κ3) is 5.16. The molecule has 2 aliphatic heterocycles. The van der Waals surface area contributed by atoms with Gasteiger partial charge in [-0.05, 0) is 59.1 Å². The van der Waals surface area contributed by atoms with Crippen LogP contribution < -0.4 is 5.32 Å². The Kier molecular flexibility index (Phi) is 6.72. The van der Waals surface area contributed by atoms with Gasteiger partial charge >= 0.3 is 0 Å². The van der Waals surface area contributed by atoms with Gasteiger partial charge in [0.15, 0.2) is 10.4 Å². The van der Waals surface area contributed by atoms with Crippen LogP contribution in [0.5, 0.6) is 0 Å². The Bertz CT molecular complexity index is 970. The topological polar surface area (TPSA) is 92.1 Å². The lowest BCUT2D eigenvalue weighted by Gasteiger charge is -2.36. The maximum Gasteiger partial charge on any atom is 0.291 e. The maximum absolute atomic E-state index is 13.1. The molecule has 4 rings (SSSR count). The molecule has 1 unspecified atom stereocenters. The molecule has 1 aromatic heterocycles. The van der Waals surface area contributed by atoms with Crippen LogP contribution in [0.3, 0.4) is 0 Å². The van der Waals surface area contributed by atoms with Crippen molar-refractivity contribution in [2.24, 2.45) is 5.92 Å². The van der Waals surface area contributed by atoms with E-state index in [1.807, 2.05) is 4.90 Å². The van der Waals surface area contributed by atoms with E-state index in [0.29, 0.717) is 55.3 Å². The zero-order valence-corrected chi connectivity index (χ0v) is 18.6. The molecule has 2 aliphatic rings. The quantitative estimate of drug-likeness (QED) is 0.712. The van der Waals surface area contributed by atoms with Crippen LogP contribution in [0.2, 0.25) is 0 Å². The number of morpholine rings is 1. The Balaban J connectivity index is 1.41. The first-order chi connectivity index (χ1) is 15.0. The van der Waals surface area contributed by atoms with Crippen molar-refractivity contribution in [3.63, 3.8) is 0 Å². The van der Waals surface area contributed by atoms with E-state index in [4.69, 9.17) is 9.15 Å². The Morgan fingerprint density at radius 3 is 2.58 bits per heavy atom. The zero-order chi connectivity index (χ0) is 21.8. The second-order valence-electron chi connectivity index (χ2n) is 7.67. The van der Waals surface area contributed by atoms with Gasteiger partial charge in [0.05, 0.1) is 19.1 Å². The highest BCUT2D eigenvalue weighted by atomic mass is 79.9.